The summed E-state index contributed by atoms with van der Waals surface area (Å²) in [7, 11) is 0. The van der Waals surface area contributed by atoms with Crippen LogP contribution in [-0.4, -0.2) is 87.3 Å². The highest BCUT2D eigenvalue weighted by Crippen LogP contribution is 2.40. The van der Waals surface area contributed by atoms with Gasteiger partial charge in [0.05, 0.1) is 10.6 Å². The van der Waals surface area contributed by atoms with Crippen molar-refractivity contribution in [1.82, 2.24) is 15.5 Å². The summed E-state index contributed by atoms with van der Waals surface area (Å²) in [5.41, 5.74) is 11.3. The van der Waals surface area contributed by atoms with Crippen LogP contribution in [0.25, 0.3) is 0 Å². The lowest BCUT2D eigenvalue weighted by atomic mass is 9.83. The van der Waals surface area contributed by atoms with Crippen molar-refractivity contribution in [3.05, 3.63) is 28.2 Å². The van der Waals surface area contributed by atoms with Crippen molar-refractivity contribution in [2.45, 2.75) is 95.5 Å². The van der Waals surface area contributed by atoms with E-state index < -0.39 is 30.2 Å². The number of hydrogen-bond acceptors (Lipinski definition) is 7. The molecule has 1 saturated heterocycles. The van der Waals surface area contributed by atoms with Crippen LogP contribution in [0.2, 0.25) is 0 Å². The molecule has 234 valence electrons. The van der Waals surface area contributed by atoms with Crippen LogP contribution >= 0.6 is 15.9 Å². The highest BCUT2D eigenvalue weighted by molar-refractivity contribution is 9.10. The lowest BCUT2D eigenvalue weighted by molar-refractivity contribution is -0.145. The second-order valence-electron chi connectivity index (χ2n) is 11.8. The van der Waals surface area contributed by atoms with Crippen LogP contribution in [0.15, 0.2) is 27.7 Å². The number of phenolic OH excluding ortho intramolecular Hbond substituents is 1. The number of rotatable bonds is 13. The molecule has 0 aromatic heterocycles. The molecular weight excluding hydrogens is 608 g/mol. The maximum absolute atomic E-state index is 14.1. The van der Waals surface area contributed by atoms with Crippen molar-refractivity contribution < 1.29 is 29.7 Å². The number of aromatic hydroxyl groups is 1. The highest BCUT2D eigenvalue weighted by atomic mass is 79.9. The summed E-state index contributed by atoms with van der Waals surface area (Å²) >= 11 is 3.23. The predicted octanol–water partition coefficient (Wildman–Crippen LogP) is 0.889. The summed E-state index contributed by atoms with van der Waals surface area (Å²) in [5.74, 6) is -1.16. The Kier molecular flexibility index (Phi) is 12.4. The van der Waals surface area contributed by atoms with Crippen molar-refractivity contribution in [2.24, 2.45) is 28.3 Å². The minimum absolute atomic E-state index is 0.0118. The van der Waals surface area contributed by atoms with Gasteiger partial charge in [0.1, 0.15) is 23.9 Å². The Morgan fingerprint density at radius 3 is 2.57 bits per heavy atom. The van der Waals surface area contributed by atoms with E-state index >= 15 is 0 Å². The third-order valence-corrected chi connectivity index (χ3v) is 8.58. The van der Waals surface area contributed by atoms with Crippen molar-refractivity contribution in [2.75, 3.05) is 13.1 Å². The molecule has 3 rings (SSSR count). The molecule has 9 N–H and O–H groups in total. The maximum atomic E-state index is 14.1. The number of fused-ring (bicyclic) bond motifs is 1. The average molecular weight is 654 g/mol. The zero-order valence-corrected chi connectivity index (χ0v) is 25.9. The van der Waals surface area contributed by atoms with E-state index in [2.05, 4.69) is 31.6 Å². The van der Waals surface area contributed by atoms with Crippen LogP contribution in [0.3, 0.4) is 0 Å². The van der Waals surface area contributed by atoms with Gasteiger partial charge in [-0.3, -0.25) is 19.4 Å². The first kappa shape index (κ1) is 33.6. The molecule has 1 saturated carbocycles. The number of nitrogens with one attached hydrogen (secondary N) is 2. The van der Waals surface area contributed by atoms with Crippen LogP contribution in [0.5, 0.6) is 5.75 Å². The van der Waals surface area contributed by atoms with E-state index in [1.807, 2.05) is 13.8 Å². The van der Waals surface area contributed by atoms with Crippen LogP contribution in [0, 0.1) is 11.8 Å². The molecule has 0 spiro atoms. The van der Waals surface area contributed by atoms with Gasteiger partial charge in [0.15, 0.2) is 5.96 Å². The molecule has 2 fully saturated rings. The SMILES string of the molecule is CC(C)C[C@@H](NC(=O)[C@H](O)Cc1ccc(O)c(Br)c1)C(=O)N1[C@H](C(=O)NCCCCN=C(N)N)C[C@@H]2CC[C@@H](O)C[C@@H]21. The van der Waals surface area contributed by atoms with E-state index in [-0.39, 0.29) is 47.8 Å². The van der Waals surface area contributed by atoms with Crippen molar-refractivity contribution in [3.63, 3.8) is 0 Å². The Morgan fingerprint density at radius 2 is 1.90 bits per heavy atom. The van der Waals surface area contributed by atoms with E-state index in [0.29, 0.717) is 68.1 Å². The number of carbonyl (C=O) groups is 3. The van der Waals surface area contributed by atoms with Gasteiger partial charge in [-0.25, -0.2) is 0 Å². The second kappa shape index (κ2) is 15.5. The lowest BCUT2D eigenvalue weighted by Crippen LogP contribution is -2.58. The molecule has 6 atom stereocenters. The number of nitrogens with two attached hydrogens (primary N) is 2. The van der Waals surface area contributed by atoms with Crippen LogP contribution in [0.1, 0.15) is 64.4 Å². The topological polar surface area (TPSA) is 204 Å². The minimum atomic E-state index is -1.43. The second-order valence-corrected chi connectivity index (χ2v) is 12.6. The summed E-state index contributed by atoms with van der Waals surface area (Å²) in [5, 5.41) is 36.5. The van der Waals surface area contributed by atoms with Gasteiger partial charge in [-0.1, -0.05) is 19.9 Å². The molecular formula is C29H45BrN6O6. The number of aliphatic hydroxyl groups is 2. The van der Waals surface area contributed by atoms with E-state index in [1.54, 1.807) is 17.0 Å². The number of amides is 3. The monoisotopic (exact) mass is 652 g/mol. The van der Waals surface area contributed by atoms with Gasteiger partial charge >= 0.3 is 0 Å². The lowest BCUT2D eigenvalue weighted by Gasteiger charge is -2.38. The molecule has 0 unspecified atom stereocenters. The molecule has 0 radical (unpaired) electrons. The van der Waals surface area contributed by atoms with Gasteiger partial charge < -0.3 is 42.3 Å². The molecule has 1 aromatic carbocycles. The first-order valence-electron chi connectivity index (χ1n) is 14.7. The summed E-state index contributed by atoms with van der Waals surface area (Å²) in [6.07, 6.45) is 1.86. The molecule has 1 aliphatic carbocycles. The van der Waals surface area contributed by atoms with Gasteiger partial charge in [0, 0.05) is 25.6 Å². The Bertz CT molecular complexity index is 1130. The Labute approximate surface area is 255 Å². The van der Waals surface area contributed by atoms with Crippen molar-refractivity contribution in [3.8, 4) is 5.75 Å². The summed E-state index contributed by atoms with van der Waals surface area (Å²) in [4.78, 5) is 46.1. The first-order chi connectivity index (χ1) is 19.9. The number of aliphatic imine (C=N–C) groups is 1. The zero-order chi connectivity index (χ0) is 31.0. The number of carbonyl (C=O) groups excluding carboxylic acids is 3. The quantitative estimate of drug-likeness (QED) is 0.0923. The van der Waals surface area contributed by atoms with Crippen LogP contribution < -0.4 is 22.1 Å². The maximum Gasteiger partial charge on any atom is 0.249 e. The standard InChI is InChI=1S/C29H45BrN6O6/c1-16(2)11-21(35-27(41)25(39)13-17-5-8-24(38)20(30)12-17)28(42)36-22-15-19(37)7-6-18(22)14-23(36)26(40)33-9-3-4-10-34-29(31)32/h5,8,12,16,18-19,21-23,25,37-39H,3-4,6-7,9-11,13-15H2,1-2H3,(H,33,40)(H,35,41)(H4,31,32,34)/t18-,19+,21+,22-,23-,25+/m0/s1. The number of unbranched alkanes of at least 4 members (excludes halogenated alkanes) is 1. The van der Waals surface area contributed by atoms with E-state index in [1.165, 1.54) is 6.07 Å². The van der Waals surface area contributed by atoms with E-state index in [0.717, 1.165) is 0 Å². The number of guanidine groups is 1. The minimum Gasteiger partial charge on any atom is -0.507 e. The van der Waals surface area contributed by atoms with E-state index in [9.17, 15) is 29.7 Å². The number of nitrogens with zero attached hydrogens (tertiary/aromatic N) is 2. The van der Waals surface area contributed by atoms with Crippen molar-refractivity contribution in [1.29, 1.82) is 0 Å². The molecule has 2 aliphatic rings. The third kappa shape index (κ3) is 9.30. The fraction of sp³-hybridized carbons (Fsp3) is 0.655. The van der Waals surface area contributed by atoms with Gasteiger partial charge in [-0.2, -0.15) is 0 Å². The zero-order valence-electron chi connectivity index (χ0n) is 24.3. The van der Waals surface area contributed by atoms with E-state index in [4.69, 9.17) is 11.5 Å². The Balaban J connectivity index is 1.73. The summed E-state index contributed by atoms with van der Waals surface area (Å²) in [6.45, 7) is 4.72. The van der Waals surface area contributed by atoms with Crippen LogP contribution in [-0.2, 0) is 20.8 Å². The van der Waals surface area contributed by atoms with Gasteiger partial charge in [0.2, 0.25) is 17.7 Å². The fourth-order valence-corrected chi connectivity index (χ4v) is 6.32. The molecule has 1 aromatic rings. The third-order valence-electron chi connectivity index (χ3n) is 7.95. The highest BCUT2D eigenvalue weighted by Gasteiger charge is 2.50. The Morgan fingerprint density at radius 1 is 1.17 bits per heavy atom. The number of benzene rings is 1. The number of hydrogen-bond donors (Lipinski definition) is 7. The Hall–Kier alpha value is -2.90. The number of phenols is 1. The molecule has 3 amide bonds. The summed E-state index contributed by atoms with van der Waals surface area (Å²) < 4.78 is 0.441. The molecule has 12 nitrogen and oxygen atoms in total. The number of aliphatic hydroxyl groups excluding tert-OH is 2. The normalized spacial score (nSPS) is 23.1. The summed E-state index contributed by atoms with van der Waals surface area (Å²) in [6, 6.07) is 2.70. The predicted molar refractivity (Wildman–Crippen MR) is 162 cm³/mol. The molecule has 1 heterocycles. The fourth-order valence-electron chi connectivity index (χ4n) is 5.89. The number of halogens is 1. The number of likely N-dealkylation sites (tertiary alicyclic amines) is 1. The largest absolute Gasteiger partial charge is 0.507 e. The average Bonchev–Trinajstić information content (AvgIpc) is 3.30. The van der Waals surface area contributed by atoms with Gasteiger partial charge in [-0.15, -0.1) is 0 Å². The van der Waals surface area contributed by atoms with Gasteiger partial charge in [-0.05, 0) is 90.4 Å². The first-order valence-corrected chi connectivity index (χ1v) is 15.5. The van der Waals surface area contributed by atoms with Crippen molar-refractivity contribution >= 4 is 39.6 Å². The molecule has 1 aliphatic heterocycles. The molecule has 0 bridgehead atoms. The molecule has 13 heteroatoms. The van der Waals surface area contributed by atoms with Gasteiger partial charge in [0.25, 0.3) is 0 Å². The van der Waals surface area contributed by atoms with Crippen LogP contribution in [0.4, 0.5) is 0 Å². The smallest absolute Gasteiger partial charge is 0.249 e. The molecule has 42 heavy (non-hydrogen) atoms.